The topological polar surface area (TPSA) is 43.3 Å². The zero-order valence-corrected chi connectivity index (χ0v) is 12.5. The minimum absolute atomic E-state index is 0.421. The Morgan fingerprint density at radius 2 is 1.80 bits per heavy atom. The zero-order chi connectivity index (χ0) is 14.5. The van der Waals surface area contributed by atoms with Crippen molar-refractivity contribution in [2.45, 2.75) is 0 Å². The van der Waals surface area contributed by atoms with Crippen LogP contribution in [0.25, 0.3) is 0 Å². The molecule has 0 amide bonds. The van der Waals surface area contributed by atoms with E-state index in [9.17, 15) is 0 Å². The molecule has 0 atom stereocenters. The van der Waals surface area contributed by atoms with Gasteiger partial charge in [0.05, 0.1) is 27.2 Å². The highest BCUT2D eigenvalue weighted by Crippen LogP contribution is 2.41. The molecule has 0 spiro atoms. The molecule has 1 aromatic carbocycles. The first kappa shape index (κ1) is 14.5. The Morgan fingerprint density at radius 1 is 1.15 bits per heavy atom. The number of hydrogen-bond acceptors (Lipinski definition) is 5. The number of rotatable bonds is 5. The van der Waals surface area contributed by atoms with E-state index in [2.05, 4.69) is 4.99 Å². The number of alkyl halides is 1. The fraction of sp³-hybridized carbons (Fsp3) is 0.357. The van der Waals surface area contributed by atoms with Gasteiger partial charge in [0.15, 0.2) is 11.5 Å². The van der Waals surface area contributed by atoms with Crippen molar-refractivity contribution in [3.05, 3.63) is 23.9 Å². The molecule has 0 N–H and O–H groups in total. The van der Waals surface area contributed by atoms with E-state index in [-0.39, 0.29) is 0 Å². The third kappa shape index (κ3) is 2.82. The van der Waals surface area contributed by atoms with Crippen LogP contribution in [-0.4, -0.2) is 40.1 Å². The van der Waals surface area contributed by atoms with Gasteiger partial charge in [0.2, 0.25) is 5.75 Å². The van der Waals surface area contributed by atoms with E-state index in [1.807, 2.05) is 23.2 Å². The molecule has 0 bridgehead atoms. The molecule has 1 aromatic rings. The van der Waals surface area contributed by atoms with E-state index in [0.717, 1.165) is 11.3 Å². The Balaban J connectivity index is 2.42. The van der Waals surface area contributed by atoms with E-state index in [4.69, 9.17) is 25.8 Å². The SMILES string of the molecule is COc1cc(N2C=C(CCl)C=NC2)cc(OC)c1OC. The maximum absolute atomic E-state index is 5.84. The van der Waals surface area contributed by atoms with Gasteiger partial charge in [-0.25, -0.2) is 0 Å². The zero-order valence-electron chi connectivity index (χ0n) is 11.7. The maximum atomic E-state index is 5.84. The molecular weight excluding hydrogens is 280 g/mol. The molecule has 0 unspecified atom stereocenters. The summed E-state index contributed by atoms with van der Waals surface area (Å²) in [5.74, 6) is 2.21. The third-order valence-electron chi connectivity index (χ3n) is 2.95. The number of aliphatic imine (C=N–C) groups is 1. The predicted molar refractivity (Wildman–Crippen MR) is 80.7 cm³/mol. The summed E-state index contributed by atoms with van der Waals surface area (Å²) >= 11 is 5.84. The van der Waals surface area contributed by atoms with Crippen LogP contribution >= 0.6 is 11.6 Å². The number of ether oxygens (including phenoxy) is 3. The number of halogens is 1. The summed E-state index contributed by atoms with van der Waals surface area (Å²) in [6.45, 7) is 0.527. The number of allylic oxidation sites excluding steroid dienone is 1. The summed E-state index contributed by atoms with van der Waals surface area (Å²) in [5, 5.41) is 0. The molecule has 0 saturated carbocycles. The van der Waals surface area contributed by atoms with Gasteiger partial charge in [0.25, 0.3) is 0 Å². The molecule has 0 fully saturated rings. The van der Waals surface area contributed by atoms with Gasteiger partial charge in [-0.2, -0.15) is 0 Å². The number of anilines is 1. The largest absolute Gasteiger partial charge is 0.493 e. The summed E-state index contributed by atoms with van der Waals surface area (Å²) in [6, 6.07) is 3.76. The predicted octanol–water partition coefficient (Wildman–Crippen LogP) is 2.68. The second kappa shape index (κ2) is 6.52. The lowest BCUT2D eigenvalue weighted by Gasteiger charge is -2.24. The van der Waals surface area contributed by atoms with Crippen LogP contribution in [0, 0.1) is 0 Å². The number of nitrogens with zero attached hydrogens (tertiary/aromatic N) is 2. The Kier molecular flexibility index (Phi) is 4.74. The van der Waals surface area contributed by atoms with Gasteiger partial charge in [-0.1, -0.05) is 0 Å². The van der Waals surface area contributed by atoms with Gasteiger partial charge >= 0.3 is 0 Å². The van der Waals surface area contributed by atoms with Crippen LogP contribution in [0.2, 0.25) is 0 Å². The van der Waals surface area contributed by atoms with Crippen molar-refractivity contribution >= 4 is 23.5 Å². The number of benzene rings is 1. The Labute approximate surface area is 123 Å². The molecule has 108 valence electrons. The first-order valence-electron chi connectivity index (χ1n) is 6.06. The lowest BCUT2D eigenvalue weighted by molar-refractivity contribution is 0.324. The van der Waals surface area contributed by atoms with E-state index in [0.29, 0.717) is 29.8 Å². The van der Waals surface area contributed by atoms with Crippen LogP contribution in [0.1, 0.15) is 0 Å². The van der Waals surface area contributed by atoms with E-state index in [1.165, 1.54) is 0 Å². The quantitative estimate of drug-likeness (QED) is 0.784. The van der Waals surface area contributed by atoms with E-state index >= 15 is 0 Å². The number of methoxy groups -OCH3 is 3. The van der Waals surface area contributed by atoms with E-state index in [1.54, 1.807) is 27.5 Å². The minimum atomic E-state index is 0.421. The molecule has 6 heteroatoms. The molecule has 0 saturated heterocycles. The maximum Gasteiger partial charge on any atom is 0.203 e. The highest BCUT2D eigenvalue weighted by molar-refractivity contribution is 6.21. The van der Waals surface area contributed by atoms with Crippen molar-refractivity contribution in [1.82, 2.24) is 0 Å². The summed E-state index contributed by atoms with van der Waals surface area (Å²) in [5.41, 5.74) is 1.85. The lowest BCUT2D eigenvalue weighted by atomic mass is 10.2. The summed E-state index contributed by atoms with van der Waals surface area (Å²) < 4.78 is 16.0. The molecule has 2 rings (SSSR count). The second-order valence-electron chi connectivity index (χ2n) is 4.14. The molecule has 0 aromatic heterocycles. The van der Waals surface area contributed by atoms with Gasteiger partial charge in [-0.3, -0.25) is 4.99 Å². The van der Waals surface area contributed by atoms with Gasteiger partial charge in [0.1, 0.15) is 6.67 Å². The third-order valence-corrected chi connectivity index (χ3v) is 3.26. The average molecular weight is 297 g/mol. The van der Waals surface area contributed by atoms with Gasteiger partial charge in [0, 0.05) is 35.8 Å². The molecular formula is C14H17ClN2O3. The standard InChI is InChI=1S/C14H17ClN2O3/c1-18-12-4-11(5-13(19-2)14(12)20-3)17-8-10(6-15)7-16-9-17/h4-5,7-8H,6,9H2,1-3H3. The van der Waals surface area contributed by atoms with Crippen molar-refractivity contribution in [3.8, 4) is 17.2 Å². The Morgan fingerprint density at radius 3 is 2.30 bits per heavy atom. The fourth-order valence-electron chi connectivity index (χ4n) is 1.98. The van der Waals surface area contributed by atoms with Crippen molar-refractivity contribution in [1.29, 1.82) is 0 Å². The van der Waals surface area contributed by atoms with Crippen LogP contribution in [0.3, 0.4) is 0 Å². The van der Waals surface area contributed by atoms with Gasteiger partial charge in [-0.15, -0.1) is 11.6 Å². The highest BCUT2D eigenvalue weighted by Gasteiger charge is 2.17. The molecule has 1 aliphatic heterocycles. The minimum Gasteiger partial charge on any atom is -0.493 e. The Hall–Kier alpha value is -1.88. The highest BCUT2D eigenvalue weighted by atomic mass is 35.5. The van der Waals surface area contributed by atoms with Gasteiger partial charge in [-0.05, 0) is 0 Å². The van der Waals surface area contributed by atoms with Crippen molar-refractivity contribution in [2.24, 2.45) is 4.99 Å². The molecule has 20 heavy (non-hydrogen) atoms. The van der Waals surface area contributed by atoms with Crippen LogP contribution in [0.15, 0.2) is 28.9 Å². The lowest BCUT2D eigenvalue weighted by Crippen LogP contribution is -2.21. The van der Waals surface area contributed by atoms with Crippen molar-refractivity contribution < 1.29 is 14.2 Å². The summed E-state index contributed by atoms with van der Waals surface area (Å²) in [6.07, 6.45) is 3.74. The number of hydrogen-bond donors (Lipinski definition) is 0. The average Bonchev–Trinajstić information content (AvgIpc) is 2.53. The normalized spacial score (nSPS) is 14.0. The van der Waals surface area contributed by atoms with Crippen LogP contribution in [0.5, 0.6) is 17.2 Å². The molecule has 0 aliphatic carbocycles. The van der Waals surface area contributed by atoms with Crippen LogP contribution in [-0.2, 0) is 0 Å². The van der Waals surface area contributed by atoms with Gasteiger partial charge < -0.3 is 19.1 Å². The van der Waals surface area contributed by atoms with E-state index < -0.39 is 0 Å². The molecule has 0 radical (unpaired) electrons. The van der Waals surface area contributed by atoms with Crippen LogP contribution < -0.4 is 19.1 Å². The van der Waals surface area contributed by atoms with Crippen LogP contribution in [0.4, 0.5) is 5.69 Å². The smallest absolute Gasteiger partial charge is 0.203 e. The first-order valence-corrected chi connectivity index (χ1v) is 6.60. The fourth-order valence-corrected chi connectivity index (χ4v) is 2.12. The molecule has 1 aliphatic rings. The van der Waals surface area contributed by atoms with Crippen molar-refractivity contribution in [3.63, 3.8) is 0 Å². The Bertz CT molecular complexity index is 518. The first-order chi connectivity index (χ1) is 9.73. The summed E-state index contributed by atoms with van der Waals surface area (Å²) in [7, 11) is 4.77. The summed E-state index contributed by atoms with van der Waals surface area (Å²) in [4.78, 5) is 6.25. The second-order valence-corrected chi connectivity index (χ2v) is 4.41. The molecule has 5 nitrogen and oxygen atoms in total. The van der Waals surface area contributed by atoms with Crippen molar-refractivity contribution in [2.75, 3.05) is 38.8 Å². The molecule has 1 heterocycles. The monoisotopic (exact) mass is 296 g/mol.